The molecule has 86 valence electrons. The summed E-state index contributed by atoms with van der Waals surface area (Å²) in [6.45, 7) is 3.98. The number of rotatable bonds is 1. The molecular formula is C13H11BrN2O. The summed E-state index contributed by atoms with van der Waals surface area (Å²) in [5.41, 5.74) is 4.17. The molecule has 0 aliphatic heterocycles. The van der Waals surface area contributed by atoms with Crippen molar-refractivity contribution in [1.29, 1.82) is 0 Å². The Labute approximate surface area is 107 Å². The molecule has 17 heavy (non-hydrogen) atoms. The number of aryl methyl sites for hydroxylation is 2. The fourth-order valence-corrected chi connectivity index (χ4v) is 2.52. The Morgan fingerprint density at radius 2 is 2.06 bits per heavy atom. The van der Waals surface area contributed by atoms with Gasteiger partial charge in [-0.2, -0.15) is 0 Å². The number of nitrogens with one attached hydrogen (secondary N) is 1. The highest BCUT2D eigenvalue weighted by atomic mass is 79.9. The van der Waals surface area contributed by atoms with Crippen molar-refractivity contribution in [2.45, 2.75) is 13.8 Å². The standard InChI is InChI=1S/C13H11BrN2O/c1-7-3-10(14)5-11-12(7)16-13(15-11)9-4-8(2)17-6-9/h3-6H,1-2H3,(H,15,16). The van der Waals surface area contributed by atoms with Crippen molar-refractivity contribution in [2.75, 3.05) is 0 Å². The van der Waals surface area contributed by atoms with E-state index < -0.39 is 0 Å². The van der Waals surface area contributed by atoms with Crippen LogP contribution in [0.4, 0.5) is 0 Å². The lowest BCUT2D eigenvalue weighted by Crippen LogP contribution is -1.77. The number of imidazole rings is 1. The monoisotopic (exact) mass is 290 g/mol. The number of benzene rings is 1. The third-order valence-corrected chi connectivity index (χ3v) is 3.20. The summed E-state index contributed by atoms with van der Waals surface area (Å²) in [7, 11) is 0. The molecule has 3 aromatic rings. The van der Waals surface area contributed by atoms with Crippen LogP contribution in [0.2, 0.25) is 0 Å². The van der Waals surface area contributed by atoms with E-state index in [1.807, 2.05) is 19.1 Å². The van der Waals surface area contributed by atoms with Crippen molar-refractivity contribution in [3.8, 4) is 11.4 Å². The van der Waals surface area contributed by atoms with E-state index >= 15 is 0 Å². The first-order valence-electron chi connectivity index (χ1n) is 5.35. The normalized spacial score (nSPS) is 11.2. The Hall–Kier alpha value is -1.55. The van der Waals surface area contributed by atoms with Crippen molar-refractivity contribution >= 4 is 27.0 Å². The molecule has 3 nitrogen and oxygen atoms in total. The summed E-state index contributed by atoms with van der Waals surface area (Å²) in [6, 6.07) is 6.07. The lowest BCUT2D eigenvalue weighted by Gasteiger charge is -1.94. The van der Waals surface area contributed by atoms with Crippen LogP contribution < -0.4 is 0 Å². The zero-order valence-electron chi connectivity index (χ0n) is 9.54. The zero-order valence-corrected chi connectivity index (χ0v) is 11.1. The summed E-state index contributed by atoms with van der Waals surface area (Å²) in [6.07, 6.45) is 1.72. The fourth-order valence-electron chi connectivity index (χ4n) is 1.95. The number of hydrogen-bond donors (Lipinski definition) is 1. The zero-order chi connectivity index (χ0) is 12.0. The molecule has 0 saturated heterocycles. The molecule has 0 aliphatic carbocycles. The van der Waals surface area contributed by atoms with Gasteiger partial charge in [-0.3, -0.25) is 0 Å². The minimum absolute atomic E-state index is 0.845. The van der Waals surface area contributed by atoms with Crippen LogP contribution >= 0.6 is 15.9 Å². The number of halogens is 1. The van der Waals surface area contributed by atoms with Gasteiger partial charge in [-0.15, -0.1) is 0 Å². The quantitative estimate of drug-likeness (QED) is 0.730. The van der Waals surface area contributed by atoms with Gasteiger partial charge in [0.15, 0.2) is 0 Å². The molecule has 0 saturated carbocycles. The average molecular weight is 291 g/mol. The Kier molecular flexibility index (Phi) is 2.33. The highest BCUT2D eigenvalue weighted by molar-refractivity contribution is 9.10. The van der Waals surface area contributed by atoms with Gasteiger partial charge >= 0.3 is 0 Å². The molecule has 2 heterocycles. The maximum absolute atomic E-state index is 5.30. The smallest absolute Gasteiger partial charge is 0.141 e. The van der Waals surface area contributed by atoms with E-state index in [9.17, 15) is 0 Å². The number of furan rings is 1. The molecule has 0 unspecified atom stereocenters. The topological polar surface area (TPSA) is 41.8 Å². The summed E-state index contributed by atoms with van der Waals surface area (Å²) in [5.74, 6) is 1.73. The fraction of sp³-hybridized carbons (Fsp3) is 0.154. The van der Waals surface area contributed by atoms with Crippen molar-refractivity contribution in [2.24, 2.45) is 0 Å². The van der Waals surface area contributed by atoms with Gasteiger partial charge in [-0.05, 0) is 37.6 Å². The van der Waals surface area contributed by atoms with Gasteiger partial charge in [0.2, 0.25) is 0 Å². The van der Waals surface area contributed by atoms with Gasteiger partial charge in [0, 0.05) is 4.47 Å². The highest BCUT2D eigenvalue weighted by Crippen LogP contribution is 2.26. The van der Waals surface area contributed by atoms with Crippen molar-refractivity contribution < 1.29 is 4.42 Å². The van der Waals surface area contributed by atoms with E-state index in [4.69, 9.17) is 4.42 Å². The second-order valence-corrected chi connectivity index (χ2v) is 5.07. The number of nitrogens with zero attached hydrogens (tertiary/aromatic N) is 1. The Morgan fingerprint density at radius 1 is 1.24 bits per heavy atom. The average Bonchev–Trinajstić information content (AvgIpc) is 2.83. The minimum Gasteiger partial charge on any atom is -0.469 e. The number of aromatic amines is 1. The number of hydrogen-bond acceptors (Lipinski definition) is 2. The van der Waals surface area contributed by atoms with Gasteiger partial charge in [0.1, 0.15) is 17.8 Å². The SMILES string of the molecule is Cc1cc(-c2nc3c(C)cc(Br)cc3[nH]2)co1. The van der Waals surface area contributed by atoms with Crippen LogP contribution in [-0.4, -0.2) is 9.97 Å². The van der Waals surface area contributed by atoms with Crippen LogP contribution in [0.5, 0.6) is 0 Å². The van der Waals surface area contributed by atoms with Crippen LogP contribution in [0.1, 0.15) is 11.3 Å². The van der Waals surface area contributed by atoms with Crippen molar-refractivity contribution in [3.05, 3.63) is 40.3 Å². The molecule has 4 heteroatoms. The molecule has 0 fully saturated rings. The van der Waals surface area contributed by atoms with Gasteiger partial charge in [-0.25, -0.2) is 4.98 Å². The van der Waals surface area contributed by atoms with Crippen LogP contribution in [0.3, 0.4) is 0 Å². The molecule has 0 spiro atoms. The molecule has 0 radical (unpaired) electrons. The van der Waals surface area contributed by atoms with Crippen LogP contribution in [0, 0.1) is 13.8 Å². The lowest BCUT2D eigenvalue weighted by atomic mass is 10.2. The maximum Gasteiger partial charge on any atom is 0.141 e. The molecule has 0 aliphatic rings. The third kappa shape index (κ3) is 1.78. The third-order valence-electron chi connectivity index (χ3n) is 2.75. The molecule has 3 rings (SSSR count). The second-order valence-electron chi connectivity index (χ2n) is 4.15. The summed E-state index contributed by atoms with van der Waals surface area (Å²) < 4.78 is 6.36. The molecule has 0 amide bonds. The van der Waals surface area contributed by atoms with E-state index in [0.29, 0.717) is 0 Å². The summed E-state index contributed by atoms with van der Waals surface area (Å²) in [5, 5.41) is 0. The van der Waals surface area contributed by atoms with Crippen LogP contribution in [0.25, 0.3) is 22.4 Å². The van der Waals surface area contributed by atoms with E-state index in [0.717, 1.165) is 38.2 Å². The number of H-pyrrole nitrogens is 1. The number of fused-ring (bicyclic) bond motifs is 1. The van der Waals surface area contributed by atoms with Gasteiger partial charge in [0.25, 0.3) is 0 Å². The van der Waals surface area contributed by atoms with Gasteiger partial charge < -0.3 is 9.40 Å². The minimum atomic E-state index is 0.845. The molecule has 1 N–H and O–H groups in total. The largest absolute Gasteiger partial charge is 0.469 e. The second kappa shape index (κ2) is 3.74. The van der Waals surface area contributed by atoms with Crippen LogP contribution in [0.15, 0.2) is 33.4 Å². The van der Waals surface area contributed by atoms with Gasteiger partial charge in [0.05, 0.1) is 16.6 Å². The Morgan fingerprint density at radius 3 is 2.76 bits per heavy atom. The molecular weight excluding hydrogens is 280 g/mol. The number of aromatic nitrogens is 2. The summed E-state index contributed by atoms with van der Waals surface area (Å²) in [4.78, 5) is 7.91. The molecule has 0 bridgehead atoms. The van der Waals surface area contributed by atoms with Gasteiger partial charge in [-0.1, -0.05) is 15.9 Å². The molecule has 0 atom stereocenters. The van der Waals surface area contributed by atoms with Crippen molar-refractivity contribution in [1.82, 2.24) is 9.97 Å². The van der Waals surface area contributed by atoms with E-state index in [2.05, 4.69) is 38.9 Å². The first kappa shape index (κ1) is 10.6. The highest BCUT2D eigenvalue weighted by Gasteiger charge is 2.09. The molecule has 1 aromatic carbocycles. The Balaban J connectivity index is 2.23. The van der Waals surface area contributed by atoms with E-state index in [1.54, 1.807) is 6.26 Å². The molecule has 2 aromatic heterocycles. The van der Waals surface area contributed by atoms with E-state index in [1.165, 1.54) is 0 Å². The lowest BCUT2D eigenvalue weighted by molar-refractivity contribution is 0.534. The van der Waals surface area contributed by atoms with Crippen molar-refractivity contribution in [3.63, 3.8) is 0 Å². The summed E-state index contributed by atoms with van der Waals surface area (Å²) >= 11 is 3.49. The Bertz CT molecular complexity index is 697. The van der Waals surface area contributed by atoms with E-state index in [-0.39, 0.29) is 0 Å². The van der Waals surface area contributed by atoms with Crippen LogP contribution in [-0.2, 0) is 0 Å². The predicted molar refractivity (Wildman–Crippen MR) is 71.0 cm³/mol. The first-order valence-corrected chi connectivity index (χ1v) is 6.14. The predicted octanol–water partition coefficient (Wildman–Crippen LogP) is 4.20. The first-order chi connectivity index (χ1) is 8.13. The maximum atomic E-state index is 5.30.